The van der Waals surface area contributed by atoms with Gasteiger partial charge in [-0.2, -0.15) is 8.78 Å². The van der Waals surface area contributed by atoms with Crippen molar-refractivity contribution in [2.45, 2.75) is 12.3 Å². The van der Waals surface area contributed by atoms with Gasteiger partial charge >= 0.3 is 5.92 Å². The normalized spacial score (nSPS) is 13.6. The van der Waals surface area contributed by atoms with E-state index in [-0.39, 0.29) is 0 Å². The van der Waals surface area contributed by atoms with E-state index in [1.807, 2.05) is 0 Å². The fraction of sp³-hybridized carbons (Fsp3) is 0.250. The molecule has 0 aromatic heterocycles. The molecule has 7 heteroatoms. The summed E-state index contributed by atoms with van der Waals surface area (Å²) < 4.78 is 38.1. The number of nitro groups is 1. The van der Waals surface area contributed by atoms with Crippen molar-refractivity contribution in [2.24, 2.45) is 0 Å². The minimum atomic E-state index is -4.29. The van der Waals surface area contributed by atoms with E-state index in [2.05, 4.69) is 0 Å². The van der Waals surface area contributed by atoms with Gasteiger partial charge in [-0.15, -0.1) is 0 Å². The molecule has 1 aromatic carbocycles. The number of rotatable bonds is 3. The molecule has 0 saturated carbocycles. The largest absolute Gasteiger partial charge is 0.359 e. The Balaban J connectivity index is 3.31. The number of halogens is 3. The molecule has 1 atom stereocenters. The number of para-hydroxylation sites is 1. The third kappa shape index (κ3) is 2.07. The minimum absolute atomic E-state index is 0.695. The van der Waals surface area contributed by atoms with Crippen molar-refractivity contribution in [2.75, 3.05) is 0 Å². The lowest BCUT2D eigenvalue weighted by Gasteiger charge is -2.16. The van der Waals surface area contributed by atoms with Crippen LogP contribution in [0.5, 0.6) is 0 Å². The predicted molar refractivity (Wildman–Crippen MR) is 44.1 cm³/mol. The van der Waals surface area contributed by atoms with Crippen molar-refractivity contribution >= 4 is 5.69 Å². The number of alkyl halides is 3. The molecule has 0 amide bonds. The highest BCUT2D eigenvalue weighted by Crippen LogP contribution is 2.37. The maximum Gasteiger partial charge on any atom is 0.334 e. The number of aliphatic hydroxyl groups is 1. The van der Waals surface area contributed by atoms with Gasteiger partial charge in [0.1, 0.15) is 5.56 Å². The van der Waals surface area contributed by atoms with E-state index < -0.39 is 28.5 Å². The van der Waals surface area contributed by atoms with Crippen LogP contribution in [0.2, 0.25) is 0 Å². The van der Waals surface area contributed by atoms with E-state index in [4.69, 9.17) is 5.11 Å². The van der Waals surface area contributed by atoms with Crippen LogP contribution in [0, 0.1) is 10.1 Å². The summed E-state index contributed by atoms with van der Waals surface area (Å²) in [5.41, 5.74) is -2.08. The lowest BCUT2D eigenvalue weighted by molar-refractivity contribution is -0.387. The average molecular weight is 221 g/mol. The molecule has 4 nitrogen and oxygen atoms in total. The Bertz CT molecular complexity index is 381. The number of aliphatic hydroxyl groups excluding tert-OH is 1. The van der Waals surface area contributed by atoms with Crippen molar-refractivity contribution in [1.82, 2.24) is 0 Å². The smallest absolute Gasteiger partial charge is 0.334 e. The fourth-order valence-corrected chi connectivity index (χ4v) is 1.04. The minimum Gasteiger partial charge on any atom is -0.359 e. The molecule has 82 valence electrons. The Labute approximate surface area is 82.1 Å². The molecule has 1 unspecified atom stereocenters. The van der Waals surface area contributed by atoms with Crippen LogP contribution in [-0.2, 0) is 5.92 Å². The van der Waals surface area contributed by atoms with Crippen LogP contribution in [0.25, 0.3) is 0 Å². The van der Waals surface area contributed by atoms with Crippen molar-refractivity contribution in [3.8, 4) is 0 Å². The standard InChI is InChI=1S/C8H6F3NO3/c9-7(13)8(10,11)5-3-1-2-4-6(5)12(14)15/h1-4,7,13H. The summed E-state index contributed by atoms with van der Waals surface area (Å²) in [6.07, 6.45) is -3.47. The summed E-state index contributed by atoms with van der Waals surface area (Å²) in [6, 6.07) is 3.77. The Hall–Kier alpha value is -1.63. The molecule has 1 rings (SSSR count). The van der Waals surface area contributed by atoms with Crippen LogP contribution in [-0.4, -0.2) is 16.4 Å². The highest BCUT2D eigenvalue weighted by Gasteiger charge is 2.45. The first-order valence-electron chi connectivity index (χ1n) is 3.81. The molecule has 0 saturated heterocycles. The van der Waals surface area contributed by atoms with Crippen LogP contribution in [0.3, 0.4) is 0 Å². The summed E-state index contributed by atoms with van der Waals surface area (Å²) in [5.74, 6) is -4.29. The van der Waals surface area contributed by atoms with Crippen molar-refractivity contribution < 1.29 is 23.2 Å². The number of benzene rings is 1. The summed E-state index contributed by atoms with van der Waals surface area (Å²) in [6.45, 7) is 0. The molecule has 15 heavy (non-hydrogen) atoms. The molecule has 0 aliphatic carbocycles. The van der Waals surface area contributed by atoms with Gasteiger partial charge in [0, 0.05) is 6.07 Å². The van der Waals surface area contributed by atoms with Gasteiger partial charge in [0.25, 0.3) is 12.0 Å². The van der Waals surface area contributed by atoms with Gasteiger partial charge in [0.15, 0.2) is 0 Å². The third-order valence-electron chi connectivity index (χ3n) is 1.76. The second-order valence-electron chi connectivity index (χ2n) is 2.73. The van der Waals surface area contributed by atoms with Crippen molar-refractivity contribution in [3.05, 3.63) is 39.9 Å². The Morgan fingerprint density at radius 1 is 1.40 bits per heavy atom. The fourth-order valence-electron chi connectivity index (χ4n) is 1.04. The molecule has 0 heterocycles. The molecule has 0 bridgehead atoms. The summed E-state index contributed by atoms with van der Waals surface area (Å²) >= 11 is 0. The topological polar surface area (TPSA) is 63.4 Å². The third-order valence-corrected chi connectivity index (χ3v) is 1.76. The SMILES string of the molecule is O=[N+]([O-])c1ccccc1C(F)(F)C(O)F. The number of nitro benzene ring substituents is 1. The molecule has 0 radical (unpaired) electrons. The van der Waals surface area contributed by atoms with E-state index in [0.29, 0.717) is 6.07 Å². The number of hydrogen-bond acceptors (Lipinski definition) is 3. The van der Waals surface area contributed by atoms with Gasteiger partial charge in [0.05, 0.1) is 4.92 Å². The highest BCUT2D eigenvalue weighted by molar-refractivity contribution is 5.43. The first-order valence-corrected chi connectivity index (χ1v) is 3.81. The molecule has 0 spiro atoms. The Morgan fingerprint density at radius 2 is 1.93 bits per heavy atom. The summed E-state index contributed by atoms with van der Waals surface area (Å²) in [7, 11) is 0. The van der Waals surface area contributed by atoms with Crippen molar-refractivity contribution in [3.63, 3.8) is 0 Å². The van der Waals surface area contributed by atoms with Gasteiger partial charge in [-0.25, -0.2) is 4.39 Å². The average Bonchev–Trinajstić information content (AvgIpc) is 2.17. The Morgan fingerprint density at radius 3 is 2.40 bits per heavy atom. The lowest BCUT2D eigenvalue weighted by atomic mass is 10.1. The second kappa shape index (κ2) is 3.85. The maximum absolute atomic E-state index is 13.0. The van der Waals surface area contributed by atoms with Crippen LogP contribution in [0.4, 0.5) is 18.9 Å². The van der Waals surface area contributed by atoms with Crippen LogP contribution in [0.15, 0.2) is 24.3 Å². The van der Waals surface area contributed by atoms with Gasteiger partial charge in [-0.3, -0.25) is 10.1 Å². The van der Waals surface area contributed by atoms with E-state index in [1.165, 1.54) is 6.07 Å². The number of hydrogen-bond donors (Lipinski definition) is 1. The van der Waals surface area contributed by atoms with Gasteiger partial charge < -0.3 is 5.11 Å². The van der Waals surface area contributed by atoms with E-state index in [1.54, 1.807) is 0 Å². The van der Waals surface area contributed by atoms with Gasteiger partial charge in [0.2, 0.25) is 0 Å². The maximum atomic E-state index is 13.0. The predicted octanol–water partition coefficient (Wildman–Crippen LogP) is 1.97. The molecule has 1 aromatic rings. The molecular formula is C8H6F3NO3. The van der Waals surface area contributed by atoms with Gasteiger partial charge in [-0.1, -0.05) is 12.1 Å². The zero-order valence-corrected chi connectivity index (χ0v) is 7.23. The second-order valence-corrected chi connectivity index (χ2v) is 2.73. The first-order chi connectivity index (χ1) is 6.87. The van der Waals surface area contributed by atoms with Gasteiger partial charge in [-0.05, 0) is 6.07 Å². The summed E-state index contributed by atoms with van der Waals surface area (Å²) in [4.78, 5) is 9.30. The zero-order chi connectivity index (χ0) is 11.6. The molecule has 1 N–H and O–H groups in total. The van der Waals surface area contributed by atoms with E-state index in [9.17, 15) is 23.3 Å². The monoisotopic (exact) mass is 221 g/mol. The van der Waals surface area contributed by atoms with Crippen LogP contribution < -0.4 is 0 Å². The molecular weight excluding hydrogens is 215 g/mol. The van der Waals surface area contributed by atoms with Crippen LogP contribution in [0.1, 0.15) is 5.56 Å². The molecule has 0 aliphatic heterocycles. The highest BCUT2D eigenvalue weighted by atomic mass is 19.3. The molecule has 0 aliphatic rings. The lowest BCUT2D eigenvalue weighted by Crippen LogP contribution is -2.27. The van der Waals surface area contributed by atoms with E-state index >= 15 is 0 Å². The van der Waals surface area contributed by atoms with Crippen LogP contribution >= 0.6 is 0 Å². The number of nitrogens with zero attached hydrogens (tertiary/aromatic N) is 1. The molecule has 0 fully saturated rings. The van der Waals surface area contributed by atoms with Crippen molar-refractivity contribution in [1.29, 1.82) is 0 Å². The first kappa shape index (κ1) is 11.4. The Kier molecular flexibility index (Phi) is 2.94. The summed E-state index contributed by atoms with van der Waals surface area (Å²) in [5, 5.41) is 18.6. The quantitative estimate of drug-likeness (QED) is 0.626. The van der Waals surface area contributed by atoms with E-state index in [0.717, 1.165) is 12.1 Å². The zero-order valence-electron chi connectivity index (χ0n) is 7.23.